The molecule has 0 unspecified atom stereocenters. The molecule has 1 saturated heterocycles. The molecule has 3 amide bonds. The van der Waals surface area contributed by atoms with Gasteiger partial charge in [-0.2, -0.15) is 20.4 Å². The van der Waals surface area contributed by atoms with Gasteiger partial charge in [0.1, 0.15) is 44.8 Å². The molecule has 736 valence electrons. The first-order chi connectivity index (χ1) is 72.1. The van der Waals surface area contributed by atoms with Crippen LogP contribution in [0.1, 0.15) is 121 Å². The summed E-state index contributed by atoms with van der Waals surface area (Å²) in [5, 5.41) is 41.9. The van der Waals surface area contributed by atoms with Crippen LogP contribution in [0.2, 0.25) is 0 Å². The van der Waals surface area contributed by atoms with E-state index in [1.165, 1.54) is 24.8 Å². The van der Waals surface area contributed by atoms with Crippen LogP contribution < -0.4 is 16.0 Å². The van der Waals surface area contributed by atoms with E-state index in [-0.39, 0.29) is 23.1 Å². The van der Waals surface area contributed by atoms with Crippen molar-refractivity contribution in [2.24, 2.45) is 5.41 Å². The molecule has 43 heteroatoms. The Hall–Kier alpha value is -19.2. The molecular weight excluding hydrogens is 1870 g/mol. The first-order valence-corrected chi connectivity index (χ1v) is 48.3. The van der Waals surface area contributed by atoms with Gasteiger partial charge in [-0.3, -0.25) is 79.6 Å². The van der Waals surface area contributed by atoms with Gasteiger partial charge in [-0.25, -0.2) is 59.8 Å². The van der Waals surface area contributed by atoms with Crippen LogP contribution in [-0.4, -0.2) is 214 Å². The van der Waals surface area contributed by atoms with Gasteiger partial charge in [0.25, 0.3) is 0 Å². The number of carbonyl (C=O) groups is 3. The predicted octanol–water partition coefficient (Wildman–Crippen LogP) is 18.0. The normalized spacial score (nSPS) is 12.3. The second-order valence-corrected chi connectivity index (χ2v) is 37.6. The van der Waals surface area contributed by atoms with Gasteiger partial charge in [0.2, 0.25) is 17.7 Å². The fraction of sp³-hybridized carbons (Fsp3) is 0.210. The van der Waals surface area contributed by atoms with Gasteiger partial charge in [-0.05, 0) is 126 Å². The zero-order valence-electron chi connectivity index (χ0n) is 82.0. The maximum absolute atomic E-state index is 12.4. The van der Waals surface area contributed by atoms with Crippen molar-refractivity contribution in [3.8, 4) is 113 Å². The van der Waals surface area contributed by atoms with Crippen molar-refractivity contribution in [2.45, 2.75) is 127 Å². The molecule has 0 bridgehead atoms. The number of rotatable bonds is 23. The Bertz CT molecular complexity index is 9070. The van der Waals surface area contributed by atoms with E-state index >= 15 is 0 Å². The number of nitrogens with zero attached hydrogens (tertiary/aromatic N) is 29. The molecular formula is C105H98N40O3. The van der Waals surface area contributed by atoms with Gasteiger partial charge in [-0.15, -0.1) is 0 Å². The number of hydrogen-bond acceptors (Lipinski definition) is 28. The Morgan fingerprint density at radius 3 is 0.946 bits per heavy atom. The van der Waals surface area contributed by atoms with E-state index < -0.39 is 0 Å². The standard InChI is InChI=1S/C27H26N10O.C27H26N10.C26H24N10O.C25H22N10O/c1-15-13-37(14-31-15)21-12-29-11-20-24(21)34-26(33-20)23-19-6-17(9-30-25(19)36-35-23)16-5-18(10-28-8-16)32-22(38)7-27(2,3)4;1-17-14-37(16-31-17)23-13-29-12-22-25(23)33-27(32-22)24-21-8-20(11-30-26(21)35-34-24)19-7-18(9-28-10-19)15-36-5-3-2-4-6-36;1-3-4-5-22(37)31-18-6-16(8-27-10-18)17-7-19-23(34-35-25(19)29-9-17)26-32-20-11-28-12-21(24(20)33-26)36-13-15(2)30-14-36;1-3-4-21(36)30-17-5-15(7-26-9-17)16-6-18-22(33-34-24(18)28-8-16)25-31-19-10-27-11-20(23(19)32-25)35-12-14(2)29-13-35/h5-6,8-14H,7H2,1-4H3,(H,32,38)(H,33,34)(H,30,35,36);7-14,16H,2-6,15H2,1H3,(H,32,33)(H,30,34,35);6-14H,3-5H2,1-2H3,(H,31,37)(H,32,33)(H,29,34,35);5-13H,3-4H2,1-2H3,(H,30,36)(H,31,32)(H,28,33,34). The number of unbranched alkanes of at least 4 members (excludes halogenated alkanes) is 1. The Kier molecular flexibility index (Phi) is 25.5. The third-order valence-electron chi connectivity index (χ3n) is 25.0. The van der Waals surface area contributed by atoms with E-state index in [0.717, 1.165) is 200 Å². The minimum absolute atomic E-state index is 0.0175. The van der Waals surface area contributed by atoms with Crippen LogP contribution in [0.5, 0.6) is 0 Å². The fourth-order valence-electron chi connectivity index (χ4n) is 17.9. The topological polar surface area (TPSA) is 546 Å². The number of aromatic amines is 8. The Balaban J connectivity index is 0.000000112. The lowest BCUT2D eigenvalue weighted by Crippen LogP contribution is -2.29. The smallest absolute Gasteiger partial charge is 0.224 e. The number of imidazole rings is 8. The second kappa shape index (κ2) is 40.3. The van der Waals surface area contributed by atoms with Crippen molar-refractivity contribution in [2.75, 3.05) is 29.0 Å². The van der Waals surface area contributed by atoms with Gasteiger partial charge in [0.05, 0.1) is 200 Å². The number of likely N-dealkylation sites (tertiary alicyclic amines) is 1. The molecule has 0 radical (unpaired) electrons. The first-order valence-electron chi connectivity index (χ1n) is 48.3. The molecule has 43 nitrogen and oxygen atoms in total. The predicted molar refractivity (Wildman–Crippen MR) is 561 cm³/mol. The highest BCUT2D eigenvalue weighted by Gasteiger charge is 2.26. The number of amides is 3. The average Bonchev–Trinajstić information content (AvgIpc) is 1.62. The van der Waals surface area contributed by atoms with Crippen LogP contribution in [0.25, 0.3) is 202 Å². The summed E-state index contributed by atoms with van der Waals surface area (Å²) in [6, 6.07) is 16.0. The van der Waals surface area contributed by atoms with Gasteiger partial charge in [-0.1, -0.05) is 47.5 Å². The number of carbonyl (C=O) groups excluding carboxylic acids is 3. The minimum atomic E-state index is -0.104. The molecule has 148 heavy (non-hydrogen) atoms. The molecule has 1 aliphatic heterocycles. The van der Waals surface area contributed by atoms with E-state index in [1.807, 2.05) is 153 Å². The van der Waals surface area contributed by atoms with Gasteiger partial charge >= 0.3 is 0 Å². The molecule has 0 saturated carbocycles. The monoisotopic (exact) mass is 1970 g/mol. The molecule has 24 aromatic heterocycles. The summed E-state index contributed by atoms with van der Waals surface area (Å²) in [7, 11) is 0. The number of hydrogen-bond donors (Lipinski definition) is 11. The maximum Gasteiger partial charge on any atom is 0.224 e. The molecule has 0 spiro atoms. The second-order valence-electron chi connectivity index (χ2n) is 37.6. The highest BCUT2D eigenvalue weighted by atomic mass is 16.2. The van der Waals surface area contributed by atoms with Crippen molar-refractivity contribution in [1.29, 1.82) is 0 Å². The lowest BCUT2D eigenvalue weighted by atomic mass is 9.92. The number of pyridine rings is 12. The fourth-order valence-corrected chi connectivity index (χ4v) is 17.9. The number of fused-ring (bicyclic) bond motifs is 8. The zero-order valence-corrected chi connectivity index (χ0v) is 82.0. The highest BCUT2D eigenvalue weighted by Crippen LogP contribution is 2.39. The summed E-state index contributed by atoms with van der Waals surface area (Å²) in [6.07, 6.45) is 57.8. The van der Waals surface area contributed by atoms with Gasteiger partial charge < -0.3 is 54.2 Å². The van der Waals surface area contributed by atoms with E-state index in [4.69, 9.17) is 19.9 Å². The number of aryl methyl sites for hydroxylation is 4. The van der Waals surface area contributed by atoms with Crippen LogP contribution >= 0.6 is 0 Å². The molecule has 1 aliphatic rings. The van der Waals surface area contributed by atoms with Crippen molar-refractivity contribution < 1.29 is 14.4 Å². The Morgan fingerprint density at radius 2 is 0.635 bits per heavy atom. The summed E-state index contributed by atoms with van der Waals surface area (Å²) >= 11 is 0. The molecule has 0 aliphatic carbocycles. The SMILES string of the molecule is CCCC(=O)Nc1cncc(-c2cnc3n[nH]c(-c4nc5c(-n6cnc(C)c6)cncc5[nH]4)c3c2)c1.CCCCC(=O)Nc1cncc(-c2cnc3n[nH]c(-c4nc5c(-n6cnc(C)c6)cncc5[nH]4)c3c2)c1.Cc1cn(-c2cncc3[nH]c(-c4[nH]nc5ncc(-c6cncc(CN7CCCCC7)c6)cc45)nc23)cn1.Cc1cn(-c2cncc3[nH]c(-c4[nH]nc5ncc(-c6cncc(NC(=O)CC(C)(C)C)c6)cc45)nc23)cn1. The average molecular weight is 1970 g/mol. The van der Waals surface area contributed by atoms with E-state index in [0.29, 0.717) is 99.3 Å². The maximum atomic E-state index is 12.4. The molecule has 0 atom stereocenters. The molecule has 11 N–H and O–H groups in total. The van der Waals surface area contributed by atoms with Crippen molar-refractivity contribution in [3.05, 3.63) is 251 Å². The zero-order chi connectivity index (χ0) is 101. The minimum Gasteiger partial charge on any atom is -0.335 e. The third-order valence-corrected chi connectivity index (χ3v) is 25.0. The van der Waals surface area contributed by atoms with E-state index in [2.05, 4.69) is 180 Å². The number of H-pyrrole nitrogens is 8. The molecule has 24 aromatic rings. The van der Waals surface area contributed by atoms with Crippen LogP contribution in [0, 0.1) is 33.1 Å². The van der Waals surface area contributed by atoms with Crippen LogP contribution in [-0.2, 0) is 20.9 Å². The van der Waals surface area contributed by atoms with Gasteiger partial charge in [0.15, 0.2) is 45.9 Å². The summed E-state index contributed by atoms with van der Waals surface area (Å²) in [6.45, 7) is 21.1. The van der Waals surface area contributed by atoms with Crippen molar-refractivity contribution in [1.82, 2.24) is 184 Å². The molecule has 25 heterocycles. The number of piperidine rings is 1. The highest BCUT2D eigenvalue weighted by molar-refractivity contribution is 6.01. The Morgan fingerprint density at radius 1 is 0.331 bits per heavy atom. The Labute approximate surface area is 841 Å². The summed E-state index contributed by atoms with van der Waals surface area (Å²) in [4.78, 5) is 142. The number of anilines is 3. The molecule has 0 aromatic carbocycles. The van der Waals surface area contributed by atoms with Crippen LogP contribution in [0.4, 0.5) is 17.1 Å². The third kappa shape index (κ3) is 20.0. The van der Waals surface area contributed by atoms with Crippen LogP contribution in [0.15, 0.2) is 223 Å². The number of aromatic nitrogens is 36. The quantitative estimate of drug-likeness (QED) is 0.0283. The number of nitrogens with one attached hydrogen (secondary N) is 11. The summed E-state index contributed by atoms with van der Waals surface area (Å²) in [5.41, 5.74) is 28.7. The van der Waals surface area contributed by atoms with Crippen molar-refractivity contribution >= 4 is 123 Å². The van der Waals surface area contributed by atoms with Crippen LogP contribution in [0.3, 0.4) is 0 Å². The lowest BCUT2D eigenvalue weighted by molar-refractivity contribution is -0.118. The van der Waals surface area contributed by atoms with Crippen molar-refractivity contribution in [3.63, 3.8) is 0 Å². The van der Waals surface area contributed by atoms with E-state index in [1.54, 1.807) is 131 Å². The molecule has 25 rings (SSSR count). The summed E-state index contributed by atoms with van der Waals surface area (Å²) in [5.74, 6) is 2.44. The lowest BCUT2D eigenvalue weighted by Gasteiger charge is -2.26. The first kappa shape index (κ1) is 93.7. The van der Waals surface area contributed by atoms with Gasteiger partial charge in [0, 0.05) is 151 Å². The largest absolute Gasteiger partial charge is 0.335 e. The molecule has 1 fully saturated rings. The van der Waals surface area contributed by atoms with E-state index in [9.17, 15) is 14.4 Å². The summed E-state index contributed by atoms with van der Waals surface area (Å²) < 4.78 is 7.64.